The summed E-state index contributed by atoms with van der Waals surface area (Å²) in [7, 11) is 0. The van der Waals surface area contributed by atoms with Gasteiger partial charge in [0.15, 0.2) is 0 Å². The first-order valence-electron chi connectivity index (χ1n) is 7.56. The van der Waals surface area contributed by atoms with Gasteiger partial charge in [-0.1, -0.05) is 13.8 Å². The highest BCUT2D eigenvalue weighted by Gasteiger charge is 2.26. The van der Waals surface area contributed by atoms with Crippen LogP contribution in [0.4, 0.5) is 0 Å². The van der Waals surface area contributed by atoms with Gasteiger partial charge >= 0.3 is 0 Å². The van der Waals surface area contributed by atoms with Crippen LogP contribution in [0.15, 0.2) is 16.7 Å². The molecule has 4 heteroatoms. The van der Waals surface area contributed by atoms with Crippen LogP contribution >= 0.6 is 15.9 Å². The van der Waals surface area contributed by atoms with Gasteiger partial charge < -0.3 is 9.88 Å². The molecule has 3 unspecified atom stereocenters. The summed E-state index contributed by atoms with van der Waals surface area (Å²) in [5.74, 6) is 1.52. The number of carbonyl (C=O) groups excluding carboxylic acids is 1. The fourth-order valence-electron chi connectivity index (χ4n) is 2.99. The van der Waals surface area contributed by atoms with Gasteiger partial charge in [0.05, 0.1) is 0 Å². The number of aromatic nitrogens is 1. The molecule has 20 heavy (non-hydrogen) atoms. The van der Waals surface area contributed by atoms with Gasteiger partial charge in [0, 0.05) is 22.8 Å². The lowest BCUT2D eigenvalue weighted by Gasteiger charge is -2.32. The third kappa shape index (κ3) is 3.46. The molecule has 0 saturated heterocycles. The molecule has 0 radical (unpaired) electrons. The molecule has 0 aliphatic heterocycles. The summed E-state index contributed by atoms with van der Waals surface area (Å²) >= 11 is 3.46. The van der Waals surface area contributed by atoms with E-state index >= 15 is 0 Å². The van der Waals surface area contributed by atoms with Crippen molar-refractivity contribution in [2.75, 3.05) is 0 Å². The first-order valence-corrected chi connectivity index (χ1v) is 8.36. The average molecular weight is 341 g/mol. The van der Waals surface area contributed by atoms with Gasteiger partial charge in [-0.2, -0.15) is 0 Å². The van der Waals surface area contributed by atoms with Crippen LogP contribution in [-0.4, -0.2) is 16.5 Å². The Bertz CT molecular complexity index is 481. The minimum atomic E-state index is 0.0520. The van der Waals surface area contributed by atoms with Gasteiger partial charge in [0.25, 0.3) is 5.91 Å². The maximum Gasteiger partial charge on any atom is 0.268 e. The van der Waals surface area contributed by atoms with Gasteiger partial charge in [0.1, 0.15) is 5.69 Å². The van der Waals surface area contributed by atoms with E-state index < -0.39 is 0 Å². The molecule has 112 valence electrons. The highest BCUT2D eigenvalue weighted by Crippen LogP contribution is 2.29. The molecule has 2 rings (SSSR count). The lowest BCUT2D eigenvalue weighted by atomic mass is 9.79. The van der Waals surface area contributed by atoms with Crippen LogP contribution in [0.5, 0.6) is 0 Å². The van der Waals surface area contributed by atoms with Crippen LogP contribution in [-0.2, 0) is 0 Å². The van der Waals surface area contributed by atoms with Crippen LogP contribution in [0, 0.1) is 11.8 Å². The first-order chi connectivity index (χ1) is 9.38. The molecule has 0 spiro atoms. The van der Waals surface area contributed by atoms with Crippen molar-refractivity contribution in [1.82, 2.24) is 9.88 Å². The van der Waals surface area contributed by atoms with E-state index in [2.05, 4.69) is 48.9 Å². The molecule has 3 nitrogen and oxygen atoms in total. The third-order valence-electron chi connectivity index (χ3n) is 4.54. The Morgan fingerprint density at radius 3 is 2.65 bits per heavy atom. The van der Waals surface area contributed by atoms with E-state index in [1.807, 2.05) is 16.8 Å². The highest BCUT2D eigenvalue weighted by atomic mass is 79.9. The van der Waals surface area contributed by atoms with Crippen molar-refractivity contribution < 1.29 is 4.79 Å². The summed E-state index contributed by atoms with van der Waals surface area (Å²) in [6.45, 7) is 8.78. The molecule has 1 saturated carbocycles. The van der Waals surface area contributed by atoms with Crippen LogP contribution in [0.25, 0.3) is 0 Å². The second-order valence-corrected chi connectivity index (χ2v) is 7.40. The van der Waals surface area contributed by atoms with Gasteiger partial charge in [0.2, 0.25) is 0 Å². The van der Waals surface area contributed by atoms with Gasteiger partial charge in [-0.05, 0) is 66.9 Å². The number of hydrogen-bond acceptors (Lipinski definition) is 1. The minimum Gasteiger partial charge on any atom is -0.348 e. The van der Waals surface area contributed by atoms with Crippen molar-refractivity contribution in [2.45, 2.75) is 59.0 Å². The summed E-state index contributed by atoms with van der Waals surface area (Å²) in [6.07, 6.45) is 5.38. The molecular formula is C16H25BrN2O. The van der Waals surface area contributed by atoms with Crippen molar-refractivity contribution >= 4 is 21.8 Å². The van der Waals surface area contributed by atoms with Crippen LogP contribution in [0.2, 0.25) is 0 Å². The van der Waals surface area contributed by atoms with E-state index in [4.69, 9.17) is 0 Å². The summed E-state index contributed by atoms with van der Waals surface area (Å²) in [5.41, 5.74) is 0.748. The summed E-state index contributed by atoms with van der Waals surface area (Å²) < 4.78 is 2.98. The predicted molar refractivity (Wildman–Crippen MR) is 86.0 cm³/mol. The van der Waals surface area contributed by atoms with Crippen LogP contribution in [0.1, 0.15) is 63.5 Å². The Labute approximate surface area is 130 Å². The summed E-state index contributed by atoms with van der Waals surface area (Å²) in [6, 6.07) is 2.51. The maximum atomic E-state index is 12.5. The largest absolute Gasteiger partial charge is 0.348 e. The Kier molecular flexibility index (Phi) is 4.95. The smallest absolute Gasteiger partial charge is 0.268 e. The second kappa shape index (κ2) is 6.33. The molecule has 1 aliphatic rings. The lowest BCUT2D eigenvalue weighted by Crippen LogP contribution is -2.40. The topological polar surface area (TPSA) is 34.0 Å². The Morgan fingerprint density at radius 1 is 1.35 bits per heavy atom. The molecule has 3 atom stereocenters. The fourth-order valence-corrected chi connectivity index (χ4v) is 3.43. The van der Waals surface area contributed by atoms with E-state index in [1.165, 1.54) is 6.42 Å². The summed E-state index contributed by atoms with van der Waals surface area (Å²) in [5, 5.41) is 3.21. The van der Waals surface area contributed by atoms with Gasteiger partial charge in [-0.3, -0.25) is 4.79 Å². The number of rotatable bonds is 3. The molecule has 1 aromatic rings. The number of hydrogen-bond donors (Lipinski definition) is 1. The Hall–Kier alpha value is -0.770. The molecule has 0 bridgehead atoms. The molecular weight excluding hydrogens is 316 g/mol. The van der Waals surface area contributed by atoms with E-state index in [0.29, 0.717) is 12.0 Å². The maximum absolute atomic E-state index is 12.5. The van der Waals surface area contributed by atoms with Crippen LogP contribution in [0.3, 0.4) is 0 Å². The van der Waals surface area contributed by atoms with Crippen molar-refractivity contribution in [3.8, 4) is 0 Å². The molecule has 1 aliphatic carbocycles. The Balaban J connectivity index is 2.05. The van der Waals surface area contributed by atoms with Crippen molar-refractivity contribution in [3.05, 3.63) is 22.4 Å². The third-order valence-corrected chi connectivity index (χ3v) is 4.97. The molecule has 1 fully saturated rings. The predicted octanol–water partition coefficient (Wildman–Crippen LogP) is 4.39. The zero-order chi connectivity index (χ0) is 14.9. The van der Waals surface area contributed by atoms with E-state index in [1.54, 1.807) is 0 Å². The number of nitrogens with one attached hydrogen (secondary N) is 1. The highest BCUT2D eigenvalue weighted by molar-refractivity contribution is 9.10. The number of amides is 1. The quantitative estimate of drug-likeness (QED) is 0.869. The number of nitrogens with zero attached hydrogens (tertiary/aromatic N) is 1. The minimum absolute atomic E-state index is 0.0520. The molecule has 1 amide bonds. The van der Waals surface area contributed by atoms with E-state index in [0.717, 1.165) is 28.9 Å². The normalized spacial score (nSPS) is 26.8. The zero-order valence-electron chi connectivity index (χ0n) is 12.8. The monoisotopic (exact) mass is 340 g/mol. The number of halogens is 1. The molecule has 1 heterocycles. The first kappa shape index (κ1) is 15.6. The fraction of sp³-hybridized carbons (Fsp3) is 0.688. The van der Waals surface area contributed by atoms with Crippen molar-refractivity contribution in [1.29, 1.82) is 0 Å². The number of carbonyl (C=O) groups is 1. The second-order valence-electron chi connectivity index (χ2n) is 6.48. The molecule has 1 aromatic heterocycles. The Morgan fingerprint density at radius 2 is 2.05 bits per heavy atom. The lowest BCUT2D eigenvalue weighted by molar-refractivity contribution is 0.0899. The van der Waals surface area contributed by atoms with E-state index in [9.17, 15) is 4.79 Å². The van der Waals surface area contributed by atoms with Crippen LogP contribution < -0.4 is 5.32 Å². The van der Waals surface area contributed by atoms with Gasteiger partial charge in [-0.25, -0.2) is 0 Å². The van der Waals surface area contributed by atoms with Gasteiger partial charge in [-0.15, -0.1) is 0 Å². The van der Waals surface area contributed by atoms with Crippen molar-refractivity contribution in [3.63, 3.8) is 0 Å². The standard InChI is InChI=1S/C16H25BrN2O/c1-10(2)19-9-13(17)8-15(19)16(20)18-14-6-5-11(3)12(4)7-14/h8-12,14H,5-7H2,1-4H3,(H,18,20). The summed E-state index contributed by atoms with van der Waals surface area (Å²) in [4.78, 5) is 12.5. The molecule has 0 aromatic carbocycles. The van der Waals surface area contributed by atoms with E-state index in [-0.39, 0.29) is 11.9 Å². The average Bonchev–Trinajstić information content (AvgIpc) is 2.76. The SMILES string of the molecule is CC1CCC(NC(=O)c2cc(Br)cn2C(C)C)CC1C. The zero-order valence-corrected chi connectivity index (χ0v) is 14.4. The molecule has 1 N–H and O–H groups in total. The van der Waals surface area contributed by atoms with Crippen molar-refractivity contribution in [2.24, 2.45) is 11.8 Å².